The molecule has 1 saturated heterocycles. The molecule has 0 saturated carbocycles. The van der Waals surface area contributed by atoms with Crippen LogP contribution >= 0.6 is 11.3 Å². The van der Waals surface area contributed by atoms with Gasteiger partial charge < -0.3 is 15.5 Å². The van der Waals surface area contributed by atoms with Gasteiger partial charge in [-0.3, -0.25) is 4.79 Å². The molecule has 0 spiro atoms. The van der Waals surface area contributed by atoms with Gasteiger partial charge in [0.2, 0.25) is 0 Å². The van der Waals surface area contributed by atoms with Crippen LogP contribution in [0.3, 0.4) is 0 Å². The Bertz CT molecular complexity index is 847. The van der Waals surface area contributed by atoms with Crippen molar-refractivity contribution in [2.24, 2.45) is 0 Å². The van der Waals surface area contributed by atoms with Gasteiger partial charge in [0.1, 0.15) is 0 Å². The summed E-state index contributed by atoms with van der Waals surface area (Å²) >= 11 is 1.45. The second-order valence-corrected chi connectivity index (χ2v) is 7.29. The van der Waals surface area contributed by atoms with Crippen molar-refractivity contribution in [2.75, 3.05) is 29.9 Å². The monoisotopic (exact) mass is 363 g/mol. The Morgan fingerprint density at radius 1 is 1.04 bits per heavy atom. The van der Waals surface area contributed by atoms with E-state index in [0.29, 0.717) is 6.04 Å². The van der Waals surface area contributed by atoms with Crippen molar-refractivity contribution in [2.45, 2.75) is 6.04 Å². The molecule has 1 atom stereocenters. The molecule has 4 nitrogen and oxygen atoms in total. The second kappa shape index (κ2) is 7.72. The lowest BCUT2D eigenvalue weighted by Crippen LogP contribution is -2.45. The van der Waals surface area contributed by atoms with Crippen LogP contribution in [-0.4, -0.2) is 25.5 Å². The second-order valence-electron chi connectivity index (χ2n) is 6.34. The maximum absolute atomic E-state index is 12.1. The predicted octanol–water partition coefficient (Wildman–Crippen LogP) is 4.15. The zero-order valence-electron chi connectivity index (χ0n) is 14.4. The number of piperazine rings is 1. The summed E-state index contributed by atoms with van der Waals surface area (Å²) in [4.78, 5) is 15.3. The van der Waals surface area contributed by atoms with E-state index in [1.807, 2.05) is 35.7 Å². The van der Waals surface area contributed by atoms with Crippen molar-refractivity contribution in [3.8, 4) is 0 Å². The largest absolute Gasteiger partial charge is 0.368 e. The van der Waals surface area contributed by atoms with E-state index in [1.165, 1.54) is 22.6 Å². The van der Waals surface area contributed by atoms with E-state index >= 15 is 0 Å². The average molecular weight is 363 g/mol. The molecular weight excluding hydrogens is 342 g/mol. The fraction of sp³-hybridized carbons (Fsp3) is 0.190. The number of anilines is 2. The third-order valence-corrected chi connectivity index (χ3v) is 5.48. The number of carbonyl (C=O) groups excluding carboxylic acids is 1. The van der Waals surface area contributed by atoms with E-state index in [-0.39, 0.29) is 5.91 Å². The lowest BCUT2D eigenvalue weighted by atomic mass is 10.0. The molecule has 1 aliphatic heterocycles. The number of thiophene rings is 1. The molecule has 2 heterocycles. The van der Waals surface area contributed by atoms with E-state index < -0.39 is 0 Å². The molecule has 2 N–H and O–H groups in total. The van der Waals surface area contributed by atoms with Crippen LogP contribution in [0, 0.1) is 0 Å². The molecule has 0 radical (unpaired) electrons. The Kier molecular flexibility index (Phi) is 5.00. The zero-order valence-corrected chi connectivity index (χ0v) is 15.2. The van der Waals surface area contributed by atoms with Gasteiger partial charge in [-0.15, -0.1) is 11.3 Å². The molecule has 4 rings (SSSR count). The first-order chi connectivity index (χ1) is 12.8. The van der Waals surface area contributed by atoms with Crippen molar-refractivity contribution in [3.63, 3.8) is 0 Å². The first-order valence-corrected chi connectivity index (χ1v) is 9.66. The number of benzene rings is 2. The van der Waals surface area contributed by atoms with Crippen molar-refractivity contribution >= 4 is 28.6 Å². The number of carbonyl (C=O) groups is 1. The summed E-state index contributed by atoms with van der Waals surface area (Å²) in [5.41, 5.74) is 3.32. The summed E-state index contributed by atoms with van der Waals surface area (Å²) in [5, 5.41) is 8.45. The van der Waals surface area contributed by atoms with Crippen LogP contribution in [0.4, 0.5) is 11.4 Å². The summed E-state index contributed by atoms with van der Waals surface area (Å²) in [6.07, 6.45) is 0. The number of nitrogens with one attached hydrogen (secondary N) is 2. The van der Waals surface area contributed by atoms with Crippen LogP contribution in [0.5, 0.6) is 0 Å². The van der Waals surface area contributed by atoms with Gasteiger partial charge in [0.25, 0.3) is 5.91 Å². The zero-order chi connectivity index (χ0) is 17.8. The van der Waals surface area contributed by atoms with Crippen LogP contribution in [0.1, 0.15) is 21.3 Å². The standard InChI is InChI=1S/C21H21N3OS/c25-21(20-7-4-14-26-20)23-17-8-10-18(11-9-17)24-13-12-22-19(15-24)16-5-2-1-3-6-16/h1-11,14,19,22H,12-13,15H2,(H,23,25). The molecule has 0 bridgehead atoms. The average Bonchev–Trinajstić information content (AvgIpc) is 3.24. The maximum Gasteiger partial charge on any atom is 0.265 e. The summed E-state index contributed by atoms with van der Waals surface area (Å²) in [7, 11) is 0. The predicted molar refractivity (Wildman–Crippen MR) is 108 cm³/mol. The van der Waals surface area contributed by atoms with Gasteiger partial charge in [-0.1, -0.05) is 36.4 Å². The lowest BCUT2D eigenvalue weighted by Gasteiger charge is -2.35. The summed E-state index contributed by atoms with van der Waals surface area (Å²) in [5.74, 6) is -0.0564. The number of hydrogen-bond acceptors (Lipinski definition) is 4. The highest BCUT2D eigenvalue weighted by Gasteiger charge is 2.20. The summed E-state index contributed by atoms with van der Waals surface area (Å²) in [6.45, 7) is 2.87. The summed E-state index contributed by atoms with van der Waals surface area (Å²) in [6, 6.07) is 22.7. The highest BCUT2D eigenvalue weighted by atomic mass is 32.1. The van der Waals surface area contributed by atoms with E-state index in [0.717, 1.165) is 30.2 Å². The van der Waals surface area contributed by atoms with Gasteiger partial charge in [0.05, 0.1) is 4.88 Å². The lowest BCUT2D eigenvalue weighted by molar-refractivity contribution is 0.103. The van der Waals surface area contributed by atoms with Crippen molar-refractivity contribution in [3.05, 3.63) is 82.6 Å². The van der Waals surface area contributed by atoms with Gasteiger partial charge in [-0.2, -0.15) is 0 Å². The first kappa shape index (κ1) is 16.8. The van der Waals surface area contributed by atoms with Crippen LogP contribution in [0.2, 0.25) is 0 Å². The van der Waals surface area contributed by atoms with E-state index in [2.05, 4.69) is 51.9 Å². The van der Waals surface area contributed by atoms with E-state index in [1.54, 1.807) is 0 Å². The Morgan fingerprint density at radius 2 is 1.85 bits per heavy atom. The Balaban J connectivity index is 1.42. The fourth-order valence-corrected chi connectivity index (χ4v) is 3.87. The molecule has 2 aromatic carbocycles. The molecule has 132 valence electrons. The minimum Gasteiger partial charge on any atom is -0.368 e. The number of nitrogens with zero attached hydrogens (tertiary/aromatic N) is 1. The minimum atomic E-state index is -0.0564. The molecular formula is C21H21N3OS. The molecule has 1 fully saturated rings. The molecule has 1 unspecified atom stereocenters. The molecule has 5 heteroatoms. The third-order valence-electron chi connectivity index (χ3n) is 4.61. The summed E-state index contributed by atoms with van der Waals surface area (Å²) < 4.78 is 0. The molecule has 3 aromatic rings. The third kappa shape index (κ3) is 3.79. The Morgan fingerprint density at radius 3 is 2.58 bits per heavy atom. The van der Waals surface area contributed by atoms with Crippen molar-refractivity contribution in [1.29, 1.82) is 0 Å². The Labute approximate surface area is 157 Å². The van der Waals surface area contributed by atoms with Gasteiger partial charge in [-0.05, 0) is 41.3 Å². The number of rotatable bonds is 4. The van der Waals surface area contributed by atoms with Crippen LogP contribution < -0.4 is 15.5 Å². The molecule has 1 aromatic heterocycles. The van der Waals surface area contributed by atoms with Gasteiger partial charge in [0, 0.05) is 37.1 Å². The van der Waals surface area contributed by atoms with Gasteiger partial charge in [0.15, 0.2) is 0 Å². The van der Waals surface area contributed by atoms with Gasteiger partial charge in [-0.25, -0.2) is 0 Å². The fourth-order valence-electron chi connectivity index (χ4n) is 3.25. The highest BCUT2D eigenvalue weighted by molar-refractivity contribution is 7.12. The number of amides is 1. The topological polar surface area (TPSA) is 44.4 Å². The van der Waals surface area contributed by atoms with Crippen LogP contribution in [0.15, 0.2) is 72.1 Å². The normalized spacial score (nSPS) is 17.1. The maximum atomic E-state index is 12.1. The number of hydrogen-bond donors (Lipinski definition) is 2. The molecule has 1 aliphatic rings. The molecule has 0 aliphatic carbocycles. The molecule has 1 amide bonds. The molecule has 26 heavy (non-hydrogen) atoms. The van der Waals surface area contributed by atoms with Crippen molar-refractivity contribution < 1.29 is 4.79 Å². The van der Waals surface area contributed by atoms with E-state index in [9.17, 15) is 4.79 Å². The van der Waals surface area contributed by atoms with Crippen LogP contribution in [-0.2, 0) is 0 Å². The first-order valence-electron chi connectivity index (χ1n) is 8.78. The highest BCUT2D eigenvalue weighted by Crippen LogP contribution is 2.24. The van der Waals surface area contributed by atoms with E-state index in [4.69, 9.17) is 0 Å². The smallest absolute Gasteiger partial charge is 0.265 e. The van der Waals surface area contributed by atoms with Gasteiger partial charge >= 0.3 is 0 Å². The van der Waals surface area contributed by atoms with Crippen LogP contribution in [0.25, 0.3) is 0 Å². The van der Waals surface area contributed by atoms with Crippen molar-refractivity contribution in [1.82, 2.24) is 5.32 Å². The quantitative estimate of drug-likeness (QED) is 0.732. The minimum absolute atomic E-state index is 0.0564. The SMILES string of the molecule is O=C(Nc1ccc(N2CCNC(c3ccccc3)C2)cc1)c1cccs1. The Hall–Kier alpha value is -2.63.